The summed E-state index contributed by atoms with van der Waals surface area (Å²) in [4.78, 5) is 48.7. The molecular weight excluding hydrogens is 496 g/mol. The van der Waals surface area contributed by atoms with E-state index in [9.17, 15) is 24.3 Å². The lowest BCUT2D eigenvalue weighted by Crippen LogP contribution is -2.63. The van der Waals surface area contributed by atoms with E-state index in [1.807, 2.05) is 36.4 Å². The monoisotopic (exact) mass is 526 g/mol. The molecule has 2 aromatic carbocycles. The highest BCUT2D eigenvalue weighted by Gasteiger charge is 2.42. The smallest absolute Gasteiger partial charge is 0.420 e. The summed E-state index contributed by atoms with van der Waals surface area (Å²) in [6, 6.07) is 11.8. The molecule has 38 heavy (non-hydrogen) atoms. The SMILES string of the molecule is COCCn1c(=O)oc2ccc(-c3ccc(CC(NC(=O)C4(NC(=O)O)CCOCC4)C(N)=O)cc3)cc21. The van der Waals surface area contributed by atoms with E-state index in [4.69, 9.17) is 19.6 Å². The lowest BCUT2D eigenvalue weighted by Gasteiger charge is -2.36. The van der Waals surface area contributed by atoms with Crippen molar-refractivity contribution in [2.45, 2.75) is 37.4 Å². The highest BCUT2D eigenvalue weighted by molar-refractivity contribution is 5.93. The van der Waals surface area contributed by atoms with Crippen LogP contribution in [-0.4, -0.2) is 66.1 Å². The minimum absolute atomic E-state index is 0.123. The third-order valence-electron chi connectivity index (χ3n) is 6.69. The molecule has 0 bridgehead atoms. The molecule has 4 rings (SSSR count). The number of carbonyl (C=O) groups is 3. The van der Waals surface area contributed by atoms with Gasteiger partial charge in [0.2, 0.25) is 11.8 Å². The molecule has 1 atom stereocenters. The maximum atomic E-state index is 13.1. The number of aromatic nitrogens is 1. The molecule has 1 aromatic heterocycles. The van der Waals surface area contributed by atoms with Crippen molar-refractivity contribution in [3.8, 4) is 11.1 Å². The van der Waals surface area contributed by atoms with E-state index in [0.717, 1.165) is 16.7 Å². The molecule has 0 radical (unpaired) electrons. The first-order valence-corrected chi connectivity index (χ1v) is 12.1. The number of carboxylic acid groups (broad SMARTS) is 1. The van der Waals surface area contributed by atoms with E-state index in [2.05, 4.69) is 10.6 Å². The molecule has 1 unspecified atom stereocenters. The van der Waals surface area contributed by atoms with Crippen LogP contribution >= 0.6 is 0 Å². The normalized spacial score (nSPS) is 15.6. The number of hydrogen-bond donors (Lipinski definition) is 4. The van der Waals surface area contributed by atoms with Crippen molar-refractivity contribution in [1.29, 1.82) is 0 Å². The second-order valence-electron chi connectivity index (χ2n) is 9.15. The van der Waals surface area contributed by atoms with Gasteiger partial charge in [0.1, 0.15) is 11.6 Å². The van der Waals surface area contributed by atoms with Crippen molar-refractivity contribution in [2.75, 3.05) is 26.9 Å². The van der Waals surface area contributed by atoms with Crippen molar-refractivity contribution >= 4 is 29.0 Å². The molecule has 1 saturated heterocycles. The van der Waals surface area contributed by atoms with Crippen LogP contribution in [0.3, 0.4) is 0 Å². The molecule has 3 amide bonds. The van der Waals surface area contributed by atoms with Crippen LogP contribution in [0.1, 0.15) is 18.4 Å². The first-order chi connectivity index (χ1) is 18.2. The second kappa shape index (κ2) is 11.5. The number of nitrogens with two attached hydrogens (primary N) is 1. The first kappa shape index (κ1) is 26.9. The number of methoxy groups -OCH3 is 1. The third kappa shape index (κ3) is 5.87. The molecule has 5 N–H and O–H groups in total. The van der Waals surface area contributed by atoms with Crippen LogP contribution in [0, 0.1) is 0 Å². The van der Waals surface area contributed by atoms with Gasteiger partial charge in [-0.3, -0.25) is 14.2 Å². The number of ether oxygens (including phenoxy) is 2. The molecule has 1 fully saturated rings. The predicted molar refractivity (Wildman–Crippen MR) is 137 cm³/mol. The van der Waals surface area contributed by atoms with Gasteiger partial charge in [0.25, 0.3) is 0 Å². The standard InChI is InChI=1S/C26H30N4O8/c1-36-13-10-30-20-15-18(6-7-21(20)38-25(30)35)17-4-2-16(3-5-17)14-19(22(27)31)28-23(32)26(29-24(33)34)8-11-37-12-9-26/h2-7,15,19,29H,8-14H2,1H3,(H2,27,31)(H,28,32)(H,33,34). The maximum absolute atomic E-state index is 13.1. The van der Waals surface area contributed by atoms with Gasteiger partial charge in [-0.05, 0) is 28.8 Å². The van der Waals surface area contributed by atoms with Gasteiger partial charge in [-0.25, -0.2) is 9.59 Å². The minimum Gasteiger partial charge on any atom is -0.465 e. The van der Waals surface area contributed by atoms with E-state index in [1.54, 1.807) is 13.2 Å². The minimum atomic E-state index is -1.39. The largest absolute Gasteiger partial charge is 0.465 e. The summed E-state index contributed by atoms with van der Waals surface area (Å²) in [5, 5.41) is 14.2. The van der Waals surface area contributed by atoms with Crippen LogP contribution in [0.2, 0.25) is 0 Å². The maximum Gasteiger partial charge on any atom is 0.420 e. The van der Waals surface area contributed by atoms with Crippen LogP contribution in [0.25, 0.3) is 22.2 Å². The van der Waals surface area contributed by atoms with Crippen molar-refractivity contribution in [2.24, 2.45) is 5.73 Å². The average Bonchev–Trinajstić information content (AvgIpc) is 3.21. The van der Waals surface area contributed by atoms with E-state index in [-0.39, 0.29) is 32.5 Å². The number of nitrogens with zero attached hydrogens (tertiary/aromatic N) is 1. The van der Waals surface area contributed by atoms with Gasteiger partial charge in [-0.15, -0.1) is 0 Å². The molecule has 0 spiro atoms. The Hall–Kier alpha value is -4.16. The Morgan fingerprint density at radius 1 is 1.13 bits per heavy atom. The lowest BCUT2D eigenvalue weighted by atomic mass is 9.88. The Morgan fingerprint density at radius 3 is 2.45 bits per heavy atom. The van der Waals surface area contributed by atoms with Crippen LogP contribution in [0.15, 0.2) is 51.7 Å². The van der Waals surface area contributed by atoms with E-state index in [0.29, 0.717) is 24.3 Å². The highest BCUT2D eigenvalue weighted by atomic mass is 16.5. The Bertz CT molecular complexity index is 1370. The molecule has 12 nitrogen and oxygen atoms in total. The molecule has 0 saturated carbocycles. The number of nitrogens with one attached hydrogen (secondary N) is 2. The Labute approximate surface area is 217 Å². The fourth-order valence-electron chi connectivity index (χ4n) is 4.56. The summed E-state index contributed by atoms with van der Waals surface area (Å²) in [5.41, 5.74) is 7.78. The number of oxazole rings is 1. The fourth-order valence-corrected chi connectivity index (χ4v) is 4.56. The van der Waals surface area contributed by atoms with Crippen LogP contribution < -0.4 is 22.1 Å². The molecule has 0 aliphatic carbocycles. The van der Waals surface area contributed by atoms with Crippen molar-refractivity contribution in [1.82, 2.24) is 15.2 Å². The van der Waals surface area contributed by atoms with E-state index in [1.165, 1.54) is 4.57 Å². The molecule has 1 aliphatic rings. The van der Waals surface area contributed by atoms with Gasteiger partial charge in [0.15, 0.2) is 5.58 Å². The van der Waals surface area contributed by atoms with Crippen molar-refractivity contribution in [3.63, 3.8) is 0 Å². The number of rotatable bonds is 10. The quantitative estimate of drug-likeness (QED) is 0.305. The van der Waals surface area contributed by atoms with Gasteiger partial charge in [0, 0.05) is 39.6 Å². The number of carbonyl (C=O) groups excluding carboxylic acids is 2. The molecule has 2 heterocycles. The van der Waals surface area contributed by atoms with E-state index >= 15 is 0 Å². The van der Waals surface area contributed by atoms with Gasteiger partial charge in [-0.2, -0.15) is 0 Å². The summed E-state index contributed by atoms with van der Waals surface area (Å²) in [7, 11) is 1.56. The van der Waals surface area contributed by atoms with Gasteiger partial charge in [0.05, 0.1) is 18.7 Å². The summed E-state index contributed by atoms with van der Waals surface area (Å²) < 4.78 is 17.2. The highest BCUT2D eigenvalue weighted by Crippen LogP contribution is 2.25. The second-order valence-corrected chi connectivity index (χ2v) is 9.15. The van der Waals surface area contributed by atoms with Crippen LogP contribution in [-0.2, 0) is 32.0 Å². The number of amides is 3. The average molecular weight is 527 g/mol. The Balaban J connectivity index is 1.50. The molecular formula is C26H30N4O8. The van der Waals surface area contributed by atoms with Gasteiger partial charge >= 0.3 is 11.8 Å². The summed E-state index contributed by atoms with van der Waals surface area (Å²) in [5.74, 6) is -1.80. The Kier molecular flexibility index (Phi) is 8.13. The summed E-state index contributed by atoms with van der Waals surface area (Å²) in [6.45, 7) is 1.15. The zero-order chi connectivity index (χ0) is 27.3. The summed E-state index contributed by atoms with van der Waals surface area (Å²) >= 11 is 0. The first-order valence-electron chi connectivity index (χ1n) is 12.1. The predicted octanol–water partition coefficient (Wildman–Crippen LogP) is 1.24. The van der Waals surface area contributed by atoms with Crippen molar-refractivity contribution in [3.05, 3.63) is 58.6 Å². The molecule has 12 heteroatoms. The summed E-state index contributed by atoms with van der Waals surface area (Å²) in [6.07, 6.45) is -0.923. The third-order valence-corrected chi connectivity index (χ3v) is 6.69. The number of benzene rings is 2. The van der Waals surface area contributed by atoms with Crippen molar-refractivity contribution < 1.29 is 33.4 Å². The lowest BCUT2D eigenvalue weighted by molar-refractivity contribution is -0.134. The van der Waals surface area contributed by atoms with Crippen LogP contribution in [0.4, 0.5) is 4.79 Å². The van der Waals surface area contributed by atoms with Crippen LogP contribution in [0.5, 0.6) is 0 Å². The number of primary amides is 1. The van der Waals surface area contributed by atoms with Gasteiger partial charge in [-0.1, -0.05) is 30.3 Å². The molecule has 3 aromatic rings. The number of hydrogen-bond acceptors (Lipinski definition) is 7. The van der Waals surface area contributed by atoms with E-state index < -0.39 is 35.2 Å². The molecule has 202 valence electrons. The molecule has 1 aliphatic heterocycles. The topological polar surface area (TPSA) is 175 Å². The Morgan fingerprint density at radius 2 is 1.82 bits per heavy atom. The number of fused-ring (bicyclic) bond motifs is 1. The zero-order valence-electron chi connectivity index (χ0n) is 20.9. The van der Waals surface area contributed by atoms with Gasteiger partial charge < -0.3 is 35.4 Å². The zero-order valence-corrected chi connectivity index (χ0v) is 20.9. The fraction of sp³-hybridized carbons (Fsp3) is 0.385.